The number of hydrogen-bond acceptors (Lipinski definition) is 6. The molecule has 0 saturated carbocycles. The van der Waals surface area contributed by atoms with Gasteiger partial charge in [-0.3, -0.25) is 10.1 Å². The zero-order chi connectivity index (χ0) is 18.3. The van der Waals surface area contributed by atoms with Crippen LogP contribution in [0.1, 0.15) is 11.3 Å². The number of aromatic nitrogens is 2. The van der Waals surface area contributed by atoms with E-state index in [0.717, 1.165) is 32.0 Å². The molecule has 4 heterocycles. The maximum atomic E-state index is 11.0. The highest BCUT2D eigenvalue weighted by molar-refractivity contribution is 7.22. The molecule has 26 heavy (non-hydrogen) atoms. The average molecular weight is 369 g/mol. The second-order valence-corrected chi connectivity index (χ2v) is 6.80. The summed E-state index contributed by atoms with van der Waals surface area (Å²) in [6.07, 6.45) is 3.86. The van der Waals surface area contributed by atoms with Gasteiger partial charge in [-0.15, -0.1) is 11.3 Å². The molecule has 7 nitrogen and oxygen atoms in total. The molecular formula is C18H15N3O4S. The molecule has 4 aromatic rings. The maximum Gasteiger partial charge on any atom is 0.433 e. The van der Waals surface area contributed by atoms with E-state index in [1.165, 1.54) is 17.4 Å². The number of fused-ring (bicyclic) bond motifs is 1. The van der Waals surface area contributed by atoms with E-state index >= 15 is 0 Å². The molecule has 132 valence electrons. The summed E-state index contributed by atoms with van der Waals surface area (Å²) >= 11 is 1.45. The Labute approximate surface area is 152 Å². The first-order valence-corrected chi connectivity index (χ1v) is 8.70. The molecule has 0 amide bonds. The minimum Gasteiger partial charge on any atom is -0.400 e. The summed E-state index contributed by atoms with van der Waals surface area (Å²) in [7, 11) is 1.65. The predicted octanol–water partition coefficient (Wildman–Crippen LogP) is 4.71. The van der Waals surface area contributed by atoms with Gasteiger partial charge in [0, 0.05) is 30.6 Å². The highest BCUT2D eigenvalue weighted by Gasteiger charge is 2.23. The number of nitro groups is 1. The standard InChI is InChI=1S/C18H15N3O4S/c1-11-9-12(10-24-2)15-16(20-7-3-4-8-20)17(26-18(15)19-11)13-5-6-14(25-13)21(22)23/h3-9H,10H2,1-2H3. The molecule has 0 aliphatic rings. The van der Waals surface area contributed by atoms with Crippen LogP contribution in [0, 0.1) is 17.0 Å². The molecule has 0 radical (unpaired) electrons. The van der Waals surface area contributed by atoms with Crippen LogP contribution in [0.2, 0.25) is 0 Å². The number of pyridine rings is 1. The first kappa shape index (κ1) is 16.5. The van der Waals surface area contributed by atoms with Gasteiger partial charge in [0.25, 0.3) is 0 Å². The fourth-order valence-corrected chi connectivity index (χ4v) is 4.24. The summed E-state index contributed by atoms with van der Waals surface area (Å²) in [5.74, 6) is 0.168. The number of thiophene rings is 1. The van der Waals surface area contributed by atoms with Crippen LogP contribution in [-0.4, -0.2) is 21.6 Å². The maximum absolute atomic E-state index is 11.0. The van der Waals surface area contributed by atoms with E-state index in [0.29, 0.717) is 12.4 Å². The van der Waals surface area contributed by atoms with Crippen molar-refractivity contribution in [2.24, 2.45) is 0 Å². The van der Waals surface area contributed by atoms with Gasteiger partial charge in [0.1, 0.15) is 9.75 Å². The van der Waals surface area contributed by atoms with Gasteiger partial charge in [0.2, 0.25) is 0 Å². The Morgan fingerprint density at radius 2 is 2.12 bits per heavy atom. The van der Waals surface area contributed by atoms with E-state index in [2.05, 4.69) is 4.98 Å². The smallest absolute Gasteiger partial charge is 0.400 e. The van der Waals surface area contributed by atoms with E-state index in [-0.39, 0.29) is 5.88 Å². The van der Waals surface area contributed by atoms with Gasteiger partial charge >= 0.3 is 5.88 Å². The monoisotopic (exact) mass is 369 g/mol. The van der Waals surface area contributed by atoms with Crippen LogP contribution in [-0.2, 0) is 11.3 Å². The van der Waals surface area contributed by atoms with Gasteiger partial charge in [0.15, 0.2) is 5.76 Å². The average Bonchev–Trinajstić information content (AvgIpc) is 3.33. The molecule has 0 aromatic carbocycles. The van der Waals surface area contributed by atoms with Crippen molar-refractivity contribution in [2.75, 3.05) is 7.11 Å². The van der Waals surface area contributed by atoms with Crippen molar-refractivity contribution < 1.29 is 14.1 Å². The molecule has 0 saturated heterocycles. The second kappa shape index (κ2) is 6.40. The molecule has 0 fully saturated rings. The van der Waals surface area contributed by atoms with Gasteiger partial charge in [-0.05, 0) is 36.8 Å². The van der Waals surface area contributed by atoms with Gasteiger partial charge in [-0.25, -0.2) is 4.98 Å². The number of rotatable bonds is 5. The van der Waals surface area contributed by atoms with Gasteiger partial charge in [0.05, 0.1) is 23.2 Å². The predicted molar refractivity (Wildman–Crippen MR) is 98.8 cm³/mol. The van der Waals surface area contributed by atoms with Gasteiger partial charge < -0.3 is 13.7 Å². The van der Waals surface area contributed by atoms with Crippen LogP contribution < -0.4 is 0 Å². The van der Waals surface area contributed by atoms with E-state index in [1.54, 1.807) is 13.2 Å². The molecule has 0 bridgehead atoms. The van der Waals surface area contributed by atoms with E-state index in [9.17, 15) is 10.1 Å². The van der Waals surface area contributed by atoms with E-state index in [4.69, 9.17) is 9.15 Å². The summed E-state index contributed by atoms with van der Waals surface area (Å²) in [6.45, 7) is 2.38. The SMILES string of the molecule is COCc1cc(C)nc2sc(-c3ccc([N+](=O)[O-])o3)c(-n3cccc3)c12. The lowest BCUT2D eigenvalue weighted by Crippen LogP contribution is -1.96. The first-order chi connectivity index (χ1) is 12.6. The molecule has 0 aliphatic heterocycles. The highest BCUT2D eigenvalue weighted by Crippen LogP contribution is 2.43. The third-order valence-corrected chi connectivity index (χ3v) is 5.09. The Morgan fingerprint density at radius 1 is 1.35 bits per heavy atom. The molecule has 8 heteroatoms. The van der Waals surface area contributed by atoms with E-state index < -0.39 is 4.92 Å². The molecule has 0 atom stereocenters. The zero-order valence-electron chi connectivity index (χ0n) is 14.1. The Bertz CT molecular complexity index is 1100. The highest BCUT2D eigenvalue weighted by atomic mass is 32.1. The van der Waals surface area contributed by atoms with Crippen LogP contribution in [0.5, 0.6) is 0 Å². The van der Waals surface area contributed by atoms with Gasteiger partial charge in [-0.1, -0.05) is 0 Å². The summed E-state index contributed by atoms with van der Waals surface area (Å²) < 4.78 is 12.8. The Morgan fingerprint density at radius 3 is 2.77 bits per heavy atom. The normalized spacial score (nSPS) is 11.3. The van der Waals surface area contributed by atoms with Crippen molar-refractivity contribution in [2.45, 2.75) is 13.5 Å². The quantitative estimate of drug-likeness (QED) is 0.376. The number of furan rings is 1. The fourth-order valence-electron chi connectivity index (χ4n) is 3.01. The second-order valence-electron chi connectivity index (χ2n) is 5.80. The van der Waals surface area contributed by atoms with Crippen LogP contribution in [0.3, 0.4) is 0 Å². The van der Waals surface area contributed by atoms with Crippen LogP contribution in [0.15, 0.2) is 47.1 Å². The Balaban J connectivity index is 2.04. The van der Waals surface area contributed by atoms with Crippen molar-refractivity contribution in [3.05, 3.63) is 64.1 Å². The number of methoxy groups -OCH3 is 1. The molecule has 0 spiro atoms. The summed E-state index contributed by atoms with van der Waals surface area (Å²) in [6, 6.07) is 8.84. The molecule has 0 aliphatic carbocycles. The Hall–Kier alpha value is -2.97. The first-order valence-electron chi connectivity index (χ1n) is 7.88. The number of hydrogen-bond donors (Lipinski definition) is 0. The molecular weight excluding hydrogens is 354 g/mol. The zero-order valence-corrected chi connectivity index (χ0v) is 14.9. The topological polar surface area (TPSA) is 83.3 Å². The van der Waals surface area contributed by atoms with Crippen molar-refractivity contribution in [1.29, 1.82) is 0 Å². The van der Waals surface area contributed by atoms with Crippen molar-refractivity contribution in [3.8, 4) is 16.3 Å². The van der Waals surface area contributed by atoms with Crippen molar-refractivity contribution >= 4 is 27.4 Å². The summed E-state index contributed by atoms with van der Waals surface area (Å²) in [5.41, 5.74) is 2.79. The van der Waals surface area contributed by atoms with E-state index in [1.807, 2.05) is 42.1 Å². The fraction of sp³-hybridized carbons (Fsp3) is 0.167. The lowest BCUT2D eigenvalue weighted by molar-refractivity contribution is -0.401. The Kier molecular flexibility index (Phi) is 4.06. The largest absolute Gasteiger partial charge is 0.433 e. The number of aryl methyl sites for hydroxylation is 1. The number of nitrogens with zero attached hydrogens (tertiary/aromatic N) is 3. The molecule has 0 unspecified atom stereocenters. The molecule has 0 N–H and O–H groups in total. The van der Waals surface area contributed by atoms with Crippen LogP contribution in [0.4, 0.5) is 5.88 Å². The summed E-state index contributed by atoms with van der Waals surface area (Å²) in [5, 5.41) is 12.0. The van der Waals surface area contributed by atoms with Crippen LogP contribution in [0.25, 0.3) is 26.5 Å². The van der Waals surface area contributed by atoms with Crippen molar-refractivity contribution in [1.82, 2.24) is 9.55 Å². The minimum absolute atomic E-state index is 0.280. The third-order valence-electron chi connectivity index (χ3n) is 4.00. The lowest BCUT2D eigenvalue weighted by Gasteiger charge is -2.09. The van der Waals surface area contributed by atoms with Crippen LogP contribution >= 0.6 is 11.3 Å². The van der Waals surface area contributed by atoms with Gasteiger partial charge in [-0.2, -0.15) is 0 Å². The summed E-state index contributed by atoms with van der Waals surface area (Å²) in [4.78, 5) is 16.7. The number of ether oxygens (including phenoxy) is 1. The lowest BCUT2D eigenvalue weighted by atomic mass is 10.1. The minimum atomic E-state index is -0.537. The molecule has 4 aromatic heterocycles. The third kappa shape index (κ3) is 2.69. The molecule has 4 rings (SSSR count). The van der Waals surface area contributed by atoms with Crippen molar-refractivity contribution in [3.63, 3.8) is 0 Å².